The summed E-state index contributed by atoms with van der Waals surface area (Å²) >= 11 is 7.02. The van der Waals surface area contributed by atoms with E-state index in [1.165, 1.54) is 16.4 Å². The highest BCUT2D eigenvalue weighted by Crippen LogP contribution is 2.23. The Bertz CT molecular complexity index is 494. The maximum atomic E-state index is 5.82. The van der Waals surface area contributed by atoms with Crippen molar-refractivity contribution in [2.75, 3.05) is 11.6 Å². The lowest BCUT2D eigenvalue weighted by Gasteiger charge is -2.00. The Labute approximate surface area is 101 Å². The summed E-state index contributed by atoms with van der Waals surface area (Å²) < 4.78 is 6.55. The van der Waals surface area contributed by atoms with Gasteiger partial charge in [0.1, 0.15) is 0 Å². The third-order valence-electron chi connectivity index (χ3n) is 1.76. The van der Waals surface area contributed by atoms with Crippen molar-refractivity contribution in [3.8, 4) is 11.6 Å². The molecule has 2 rings (SSSR count). The van der Waals surface area contributed by atoms with Gasteiger partial charge >= 0.3 is 0 Å². The molecule has 2 aromatic heterocycles. The second kappa shape index (κ2) is 4.63. The Morgan fingerprint density at radius 1 is 1.62 bits per heavy atom. The van der Waals surface area contributed by atoms with Crippen LogP contribution in [0.4, 0.5) is 0 Å². The topological polar surface area (TPSA) is 69.9 Å². The summed E-state index contributed by atoms with van der Waals surface area (Å²) in [5.41, 5.74) is 0. The molecule has 0 saturated carbocycles. The van der Waals surface area contributed by atoms with Crippen LogP contribution < -0.4 is 5.84 Å². The molecule has 0 radical (unpaired) electrons. The molecular weight excluding hydrogens is 248 g/mol. The smallest absolute Gasteiger partial charge is 0.218 e. The van der Waals surface area contributed by atoms with Crippen molar-refractivity contribution >= 4 is 23.4 Å². The van der Waals surface area contributed by atoms with Gasteiger partial charge in [-0.3, -0.25) is 0 Å². The molecule has 0 unspecified atom stereocenters. The van der Waals surface area contributed by atoms with Gasteiger partial charge in [-0.25, -0.2) is 4.68 Å². The lowest BCUT2D eigenvalue weighted by atomic mass is 10.4. The zero-order valence-corrected chi connectivity index (χ0v) is 9.83. The van der Waals surface area contributed by atoms with E-state index in [1.54, 1.807) is 18.4 Å². The Morgan fingerprint density at radius 2 is 2.44 bits per heavy atom. The predicted octanol–water partition coefficient (Wildman–Crippen LogP) is 2.10. The Morgan fingerprint density at radius 3 is 3.06 bits per heavy atom. The maximum absolute atomic E-state index is 5.82. The van der Waals surface area contributed by atoms with Crippen molar-refractivity contribution in [3.05, 3.63) is 30.0 Å². The van der Waals surface area contributed by atoms with Crippen LogP contribution in [0.15, 0.2) is 39.6 Å². The van der Waals surface area contributed by atoms with E-state index in [2.05, 4.69) is 16.8 Å². The Balaban J connectivity index is 2.21. The fraction of sp³-hybridized carbons (Fsp3) is 0.111. The Hall–Kier alpha value is -1.40. The lowest BCUT2D eigenvalue weighted by molar-refractivity contribution is 0.574. The van der Waals surface area contributed by atoms with E-state index in [4.69, 9.17) is 21.9 Å². The summed E-state index contributed by atoms with van der Waals surface area (Å²) in [5.74, 6) is 7.41. The van der Waals surface area contributed by atoms with E-state index < -0.39 is 0 Å². The average Bonchev–Trinajstić information content (AvgIpc) is 2.84. The number of hydrogen-bond acceptors (Lipinski definition) is 5. The first kappa shape index (κ1) is 11.1. The van der Waals surface area contributed by atoms with E-state index in [1.807, 2.05) is 0 Å². The molecule has 0 atom stereocenters. The van der Waals surface area contributed by atoms with Gasteiger partial charge in [-0.05, 0) is 12.1 Å². The zero-order chi connectivity index (χ0) is 11.5. The van der Waals surface area contributed by atoms with Gasteiger partial charge < -0.3 is 10.3 Å². The van der Waals surface area contributed by atoms with Crippen LogP contribution in [-0.4, -0.2) is 20.6 Å². The number of rotatable bonds is 4. The number of hydrogen-bond donors (Lipinski definition) is 1. The molecular formula is C9H9ClN4OS. The number of furan rings is 1. The second-order valence-electron chi connectivity index (χ2n) is 2.96. The molecule has 0 amide bonds. The molecule has 0 aliphatic heterocycles. The van der Waals surface area contributed by atoms with E-state index in [9.17, 15) is 0 Å². The molecule has 2 heterocycles. The van der Waals surface area contributed by atoms with Gasteiger partial charge in [-0.1, -0.05) is 29.9 Å². The summed E-state index contributed by atoms with van der Waals surface area (Å²) in [6.45, 7) is 3.58. The van der Waals surface area contributed by atoms with E-state index in [0.717, 1.165) is 0 Å². The van der Waals surface area contributed by atoms with Crippen LogP contribution in [0.25, 0.3) is 11.6 Å². The minimum atomic E-state index is 0.479. The molecule has 0 fully saturated rings. The lowest BCUT2D eigenvalue weighted by Crippen LogP contribution is -2.11. The summed E-state index contributed by atoms with van der Waals surface area (Å²) in [4.78, 5) is 0. The highest BCUT2D eigenvalue weighted by Gasteiger charge is 2.13. The number of nitrogen functional groups attached to an aromatic ring is 1. The fourth-order valence-corrected chi connectivity index (χ4v) is 1.87. The van der Waals surface area contributed by atoms with Crippen molar-refractivity contribution in [1.82, 2.24) is 14.9 Å². The van der Waals surface area contributed by atoms with E-state index >= 15 is 0 Å². The van der Waals surface area contributed by atoms with Crippen molar-refractivity contribution < 1.29 is 4.42 Å². The fourth-order valence-electron chi connectivity index (χ4n) is 1.09. The van der Waals surface area contributed by atoms with Gasteiger partial charge in [-0.15, -0.1) is 10.2 Å². The zero-order valence-electron chi connectivity index (χ0n) is 8.26. The van der Waals surface area contributed by atoms with Crippen LogP contribution in [0.3, 0.4) is 0 Å². The summed E-state index contributed by atoms with van der Waals surface area (Å²) in [6.07, 6.45) is 1.55. The molecule has 16 heavy (non-hydrogen) atoms. The van der Waals surface area contributed by atoms with Crippen LogP contribution in [0.5, 0.6) is 0 Å². The third kappa shape index (κ3) is 2.23. The minimum Gasteiger partial charge on any atom is -0.461 e. The normalized spacial score (nSPS) is 10.6. The molecule has 84 valence electrons. The number of aromatic nitrogens is 3. The van der Waals surface area contributed by atoms with Crippen LogP contribution in [0.2, 0.25) is 0 Å². The van der Waals surface area contributed by atoms with Gasteiger partial charge in [0.25, 0.3) is 0 Å². The third-order valence-corrected chi connectivity index (χ3v) is 3.09. The molecule has 2 aromatic rings. The largest absolute Gasteiger partial charge is 0.461 e. The first-order valence-electron chi connectivity index (χ1n) is 4.39. The molecule has 0 saturated heterocycles. The van der Waals surface area contributed by atoms with Gasteiger partial charge in [0.05, 0.1) is 6.26 Å². The average molecular weight is 257 g/mol. The van der Waals surface area contributed by atoms with E-state index in [-0.39, 0.29) is 0 Å². The Kier molecular flexibility index (Phi) is 3.21. The molecule has 7 heteroatoms. The van der Waals surface area contributed by atoms with Crippen LogP contribution in [0, 0.1) is 0 Å². The molecule has 0 bridgehead atoms. The van der Waals surface area contributed by atoms with Crippen LogP contribution >= 0.6 is 23.4 Å². The standard InChI is InChI=1S/C9H9ClN4OS/c1-6(10)5-16-9-13-12-8(14(9)11)7-3-2-4-15-7/h2-4H,1,5,11H2. The van der Waals surface area contributed by atoms with E-state index in [0.29, 0.717) is 27.5 Å². The first-order chi connectivity index (χ1) is 7.68. The van der Waals surface area contributed by atoms with Gasteiger partial charge in [0.2, 0.25) is 11.0 Å². The first-order valence-corrected chi connectivity index (χ1v) is 5.75. The van der Waals surface area contributed by atoms with Crippen molar-refractivity contribution in [3.63, 3.8) is 0 Å². The number of nitrogens with two attached hydrogens (primary N) is 1. The predicted molar refractivity (Wildman–Crippen MR) is 63.6 cm³/mol. The van der Waals surface area contributed by atoms with Crippen LogP contribution in [-0.2, 0) is 0 Å². The van der Waals surface area contributed by atoms with Crippen molar-refractivity contribution in [1.29, 1.82) is 0 Å². The van der Waals surface area contributed by atoms with Crippen molar-refractivity contribution in [2.24, 2.45) is 0 Å². The highest BCUT2D eigenvalue weighted by molar-refractivity contribution is 7.99. The molecule has 0 aromatic carbocycles. The molecule has 0 spiro atoms. The molecule has 5 nitrogen and oxygen atoms in total. The summed E-state index contributed by atoms with van der Waals surface area (Å²) in [7, 11) is 0. The molecule has 0 aliphatic carbocycles. The van der Waals surface area contributed by atoms with Crippen molar-refractivity contribution in [2.45, 2.75) is 5.16 Å². The van der Waals surface area contributed by atoms with Gasteiger partial charge in [0.15, 0.2) is 5.76 Å². The highest BCUT2D eigenvalue weighted by atomic mass is 35.5. The number of nitrogens with zero attached hydrogens (tertiary/aromatic N) is 3. The summed E-state index contributed by atoms with van der Waals surface area (Å²) in [5, 5.41) is 8.97. The van der Waals surface area contributed by atoms with Crippen LogP contribution in [0.1, 0.15) is 0 Å². The molecule has 0 aliphatic rings. The second-order valence-corrected chi connectivity index (χ2v) is 4.44. The van der Waals surface area contributed by atoms with Gasteiger partial charge in [0, 0.05) is 10.8 Å². The number of halogens is 1. The minimum absolute atomic E-state index is 0.479. The molecule has 2 N–H and O–H groups in total. The maximum Gasteiger partial charge on any atom is 0.218 e. The number of thioether (sulfide) groups is 1. The summed E-state index contributed by atoms with van der Waals surface area (Å²) in [6, 6.07) is 3.53. The van der Waals surface area contributed by atoms with Gasteiger partial charge in [-0.2, -0.15) is 0 Å². The quantitative estimate of drug-likeness (QED) is 0.670. The SMILES string of the molecule is C=C(Cl)CSc1nnc(-c2ccco2)n1N. The monoisotopic (exact) mass is 256 g/mol.